The van der Waals surface area contributed by atoms with Crippen LogP contribution >= 0.6 is 11.3 Å². The van der Waals surface area contributed by atoms with Crippen LogP contribution in [0.2, 0.25) is 0 Å². The van der Waals surface area contributed by atoms with Crippen LogP contribution in [-0.2, 0) is 19.5 Å². The molecule has 3 heterocycles. The van der Waals surface area contributed by atoms with E-state index in [2.05, 4.69) is 57.3 Å². The third-order valence-corrected chi connectivity index (χ3v) is 5.35. The topological polar surface area (TPSA) is 29.0 Å². The van der Waals surface area contributed by atoms with Crippen LogP contribution in [0.3, 0.4) is 0 Å². The first-order valence-electron chi connectivity index (χ1n) is 7.96. The van der Waals surface area contributed by atoms with Gasteiger partial charge in [-0.15, -0.1) is 11.3 Å². The van der Waals surface area contributed by atoms with E-state index in [1.54, 1.807) is 0 Å². The molecule has 0 aliphatic carbocycles. The average Bonchev–Trinajstić information content (AvgIpc) is 3.04. The van der Waals surface area contributed by atoms with Gasteiger partial charge in [0.25, 0.3) is 0 Å². The Bertz CT molecular complexity index is 810. The van der Waals surface area contributed by atoms with Gasteiger partial charge >= 0.3 is 0 Å². The molecule has 1 aromatic carbocycles. The number of hydrogen-bond donors (Lipinski definition) is 0. The van der Waals surface area contributed by atoms with E-state index in [1.165, 1.54) is 26.6 Å². The molecule has 0 N–H and O–H groups in total. The minimum absolute atomic E-state index is 0.878. The van der Waals surface area contributed by atoms with E-state index >= 15 is 0 Å². The monoisotopic (exact) mass is 321 g/mol. The molecule has 3 aromatic rings. The van der Waals surface area contributed by atoms with E-state index in [4.69, 9.17) is 0 Å². The maximum absolute atomic E-state index is 4.56. The van der Waals surface area contributed by atoms with E-state index in [9.17, 15) is 0 Å². The van der Waals surface area contributed by atoms with Crippen LogP contribution in [0.1, 0.15) is 22.0 Å². The molecule has 0 saturated carbocycles. The molecule has 4 heteroatoms. The predicted molar refractivity (Wildman–Crippen MR) is 94.3 cm³/mol. The lowest BCUT2D eigenvalue weighted by atomic mass is 10.1. The van der Waals surface area contributed by atoms with E-state index < -0.39 is 0 Å². The highest BCUT2D eigenvalue weighted by molar-refractivity contribution is 7.15. The number of hydrogen-bond acceptors (Lipinski definition) is 4. The molecule has 0 bridgehead atoms. The predicted octanol–water partition coefficient (Wildman–Crippen LogP) is 4.07. The van der Waals surface area contributed by atoms with Crippen molar-refractivity contribution in [1.82, 2.24) is 14.9 Å². The lowest BCUT2D eigenvalue weighted by Crippen LogP contribution is -2.30. The van der Waals surface area contributed by atoms with Crippen molar-refractivity contribution in [3.63, 3.8) is 0 Å². The van der Waals surface area contributed by atoms with Crippen molar-refractivity contribution in [2.24, 2.45) is 0 Å². The fourth-order valence-corrected chi connectivity index (χ4v) is 4.11. The van der Waals surface area contributed by atoms with Crippen molar-refractivity contribution in [2.75, 3.05) is 6.54 Å². The number of fused-ring (bicyclic) bond motifs is 1. The number of nitrogens with zero attached hydrogens (tertiary/aromatic N) is 3. The van der Waals surface area contributed by atoms with Gasteiger partial charge in [-0.1, -0.05) is 30.3 Å². The van der Waals surface area contributed by atoms with Crippen LogP contribution in [0.15, 0.2) is 48.7 Å². The van der Waals surface area contributed by atoms with Crippen molar-refractivity contribution in [1.29, 1.82) is 0 Å². The molecular formula is C19H19N3S. The maximum atomic E-state index is 4.56. The van der Waals surface area contributed by atoms with Gasteiger partial charge in [0.05, 0.1) is 0 Å². The number of aryl methyl sites for hydroxylation is 1. The molecule has 0 radical (unpaired) electrons. The van der Waals surface area contributed by atoms with Crippen molar-refractivity contribution in [3.8, 4) is 10.4 Å². The van der Waals surface area contributed by atoms with Crippen molar-refractivity contribution < 1.29 is 0 Å². The summed E-state index contributed by atoms with van der Waals surface area (Å²) in [5.74, 6) is 0.878. The zero-order chi connectivity index (χ0) is 15.6. The van der Waals surface area contributed by atoms with Gasteiger partial charge in [-0.2, -0.15) is 0 Å². The van der Waals surface area contributed by atoms with Gasteiger partial charge < -0.3 is 0 Å². The van der Waals surface area contributed by atoms with Crippen LogP contribution in [-0.4, -0.2) is 21.4 Å². The molecule has 3 nitrogen and oxygen atoms in total. The van der Waals surface area contributed by atoms with E-state index in [0.29, 0.717) is 0 Å². The summed E-state index contributed by atoms with van der Waals surface area (Å²) in [6, 6.07) is 15.1. The van der Waals surface area contributed by atoms with E-state index in [1.807, 2.05) is 24.5 Å². The van der Waals surface area contributed by atoms with Crippen LogP contribution in [0.4, 0.5) is 0 Å². The second-order valence-electron chi connectivity index (χ2n) is 5.98. The molecule has 0 fully saturated rings. The third-order valence-electron chi connectivity index (χ3n) is 4.23. The highest BCUT2D eigenvalue weighted by atomic mass is 32.1. The highest BCUT2D eigenvalue weighted by Gasteiger charge is 2.18. The second kappa shape index (κ2) is 6.22. The molecule has 0 atom stereocenters. The summed E-state index contributed by atoms with van der Waals surface area (Å²) >= 11 is 1.89. The minimum atomic E-state index is 0.878. The summed E-state index contributed by atoms with van der Waals surface area (Å²) in [5.41, 5.74) is 3.81. The zero-order valence-corrected chi connectivity index (χ0v) is 14.0. The van der Waals surface area contributed by atoms with Crippen molar-refractivity contribution in [2.45, 2.75) is 26.4 Å². The fourth-order valence-electron chi connectivity index (χ4n) is 3.05. The van der Waals surface area contributed by atoms with Gasteiger partial charge in [-0.05, 0) is 24.6 Å². The zero-order valence-electron chi connectivity index (χ0n) is 13.2. The summed E-state index contributed by atoms with van der Waals surface area (Å²) in [7, 11) is 0. The summed E-state index contributed by atoms with van der Waals surface area (Å²) < 4.78 is 0. The lowest BCUT2D eigenvalue weighted by molar-refractivity contribution is 0.245. The standard InChI is InChI=1S/C19H19N3S/c1-14-20-11-16-12-22(10-9-18(16)21-14)13-17-7-8-19(23-17)15-5-3-2-4-6-15/h2-8,11H,9-10,12-13H2,1H3. The average molecular weight is 321 g/mol. The summed E-state index contributed by atoms with van der Waals surface area (Å²) in [5, 5.41) is 0. The van der Waals surface area contributed by atoms with Crippen LogP contribution in [0, 0.1) is 6.92 Å². The Kier molecular flexibility index (Phi) is 3.93. The van der Waals surface area contributed by atoms with Crippen LogP contribution in [0.25, 0.3) is 10.4 Å². The number of thiophene rings is 1. The molecule has 0 saturated heterocycles. The van der Waals surface area contributed by atoms with Gasteiger partial charge in [0.15, 0.2) is 0 Å². The second-order valence-corrected chi connectivity index (χ2v) is 7.15. The summed E-state index contributed by atoms with van der Waals surface area (Å²) in [6.45, 7) is 4.99. The molecule has 1 aliphatic heterocycles. The first-order chi connectivity index (χ1) is 11.3. The maximum Gasteiger partial charge on any atom is 0.125 e. The van der Waals surface area contributed by atoms with Crippen LogP contribution in [0.5, 0.6) is 0 Å². The van der Waals surface area contributed by atoms with Gasteiger partial charge in [0.1, 0.15) is 5.82 Å². The minimum Gasteiger partial charge on any atom is -0.293 e. The van der Waals surface area contributed by atoms with E-state index in [0.717, 1.165) is 31.9 Å². The van der Waals surface area contributed by atoms with Crippen LogP contribution < -0.4 is 0 Å². The highest BCUT2D eigenvalue weighted by Crippen LogP contribution is 2.29. The Morgan fingerprint density at radius 1 is 1.13 bits per heavy atom. The number of benzene rings is 1. The molecule has 116 valence electrons. The third kappa shape index (κ3) is 3.19. The Hall–Kier alpha value is -2.04. The Morgan fingerprint density at radius 2 is 2.00 bits per heavy atom. The molecule has 23 heavy (non-hydrogen) atoms. The van der Waals surface area contributed by atoms with Gasteiger partial charge in [0, 0.05) is 53.3 Å². The normalized spacial score (nSPS) is 14.7. The smallest absolute Gasteiger partial charge is 0.125 e. The van der Waals surface area contributed by atoms with E-state index in [-0.39, 0.29) is 0 Å². The molecule has 1 aliphatic rings. The SMILES string of the molecule is Cc1ncc2c(n1)CCN(Cc1ccc(-c3ccccc3)s1)C2. The Balaban J connectivity index is 1.47. The Labute approximate surface area is 140 Å². The largest absolute Gasteiger partial charge is 0.293 e. The first-order valence-corrected chi connectivity index (χ1v) is 8.77. The first kappa shape index (κ1) is 14.5. The van der Waals surface area contributed by atoms with Gasteiger partial charge in [-0.25, -0.2) is 9.97 Å². The van der Waals surface area contributed by atoms with Gasteiger partial charge in [-0.3, -0.25) is 4.90 Å². The summed E-state index contributed by atoms with van der Waals surface area (Å²) in [6.07, 6.45) is 3.02. The molecule has 0 unspecified atom stereocenters. The molecular weight excluding hydrogens is 302 g/mol. The van der Waals surface area contributed by atoms with Gasteiger partial charge in [0.2, 0.25) is 0 Å². The van der Waals surface area contributed by atoms with Crippen molar-refractivity contribution >= 4 is 11.3 Å². The fraction of sp³-hybridized carbons (Fsp3) is 0.263. The number of rotatable bonds is 3. The molecule has 0 amide bonds. The summed E-state index contributed by atoms with van der Waals surface area (Å²) in [4.78, 5) is 14.2. The molecule has 2 aromatic heterocycles. The molecule has 4 rings (SSSR count). The quantitative estimate of drug-likeness (QED) is 0.728. The van der Waals surface area contributed by atoms with Crippen molar-refractivity contribution in [3.05, 3.63) is 70.6 Å². The number of aromatic nitrogens is 2. The lowest BCUT2D eigenvalue weighted by Gasteiger charge is -2.27. The molecule has 0 spiro atoms. The Morgan fingerprint density at radius 3 is 2.87 bits per heavy atom.